The minimum atomic E-state index is -0.0669. The molecule has 0 atom stereocenters. The molecule has 54 valence electrons. The minimum absolute atomic E-state index is 0.0669. The van der Waals surface area contributed by atoms with Crippen molar-refractivity contribution in [2.45, 2.75) is 18.4 Å². The van der Waals surface area contributed by atoms with Crippen molar-refractivity contribution in [3.05, 3.63) is 15.0 Å². The zero-order valence-electron chi connectivity index (χ0n) is 5.30. The van der Waals surface area contributed by atoms with E-state index in [0.717, 1.165) is 22.5 Å². The molecular formula is C6H7BrN2S. The van der Waals surface area contributed by atoms with E-state index in [1.165, 1.54) is 0 Å². The number of halogens is 1. The Balaban J connectivity index is 2.34. The Morgan fingerprint density at radius 1 is 1.70 bits per heavy atom. The van der Waals surface area contributed by atoms with Gasteiger partial charge in [-0.25, -0.2) is 4.98 Å². The van der Waals surface area contributed by atoms with Crippen molar-refractivity contribution in [3.8, 4) is 0 Å². The van der Waals surface area contributed by atoms with Gasteiger partial charge in [0.15, 0.2) is 3.92 Å². The summed E-state index contributed by atoms with van der Waals surface area (Å²) < 4.78 is 0.930. The molecule has 0 spiro atoms. The molecule has 1 fully saturated rings. The van der Waals surface area contributed by atoms with Gasteiger partial charge in [0.05, 0.1) is 11.2 Å². The number of hydrogen-bond donors (Lipinski definition) is 1. The zero-order chi connectivity index (χ0) is 7.19. The van der Waals surface area contributed by atoms with Crippen LogP contribution in [0.1, 0.15) is 18.5 Å². The third-order valence-corrected chi connectivity index (χ3v) is 3.14. The van der Waals surface area contributed by atoms with Crippen LogP contribution in [0, 0.1) is 0 Å². The molecule has 10 heavy (non-hydrogen) atoms. The number of nitrogens with two attached hydrogens (primary N) is 1. The van der Waals surface area contributed by atoms with E-state index in [1.807, 2.05) is 5.38 Å². The fraction of sp³-hybridized carbons (Fsp3) is 0.500. The molecule has 0 saturated heterocycles. The predicted molar refractivity (Wildman–Crippen MR) is 44.9 cm³/mol. The summed E-state index contributed by atoms with van der Waals surface area (Å²) in [7, 11) is 0. The smallest absolute Gasteiger partial charge is 0.159 e. The first-order valence-corrected chi connectivity index (χ1v) is 4.78. The van der Waals surface area contributed by atoms with Crippen LogP contribution >= 0.6 is 27.3 Å². The van der Waals surface area contributed by atoms with E-state index in [1.54, 1.807) is 11.3 Å². The highest BCUT2D eigenvalue weighted by atomic mass is 79.9. The summed E-state index contributed by atoms with van der Waals surface area (Å²) in [5.74, 6) is 0. The zero-order valence-corrected chi connectivity index (χ0v) is 7.70. The Morgan fingerprint density at radius 3 is 2.80 bits per heavy atom. The van der Waals surface area contributed by atoms with Crippen molar-refractivity contribution < 1.29 is 0 Å². The second kappa shape index (κ2) is 2.03. The van der Waals surface area contributed by atoms with E-state index in [2.05, 4.69) is 20.9 Å². The van der Waals surface area contributed by atoms with E-state index in [0.29, 0.717) is 0 Å². The highest BCUT2D eigenvalue weighted by Gasteiger charge is 2.41. The molecule has 0 unspecified atom stereocenters. The summed E-state index contributed by atoms with van der Waals surface area (Å²) in [6, 6.07) is 0. The van der Waals surface area contributed by atoms with Crippen molar-refractivity contribution in [1.82, 2.24) is 4.98 Å². The number of aromatic nitrogens is 1. The Kier molecular flexibility index (Phi) is 1.37. The van der Waals surface area contributed by atoms with Crippen LogP contribution in [0.5, 0.6) is 0 Å². The standard InChI is InChI=1S/C6H7BrN2S/c7-5-9-4(3-10-5)6(8)1-2-6/h3H,1-2,8H2. The second-order valence-electron chi connectivity index (χ2n) is 2.64. The highest BCUT2D eigenvalue weighted by Crippen LogP contribution is 2.43. The molecule has 2 nitrogen and oxygen atoms in total. The molecular weight excluding hydrogens is 212 g/mol. The SMILES string of the molecule is NC1(c2csc(Br)n2)CC1. The first-order chi connectivity index (χ1) is 4.71. The number of thiazole rings is 1. The van der Waals surface area contributed by atoms with Gasteiger partial charge in [-0.3, -0.25) is 0 Å². The molecule has 1 heterocycles. The quantitative estimate of drug-likeness (QED) is 0.782. The lowest BCUT2D eigenvalue weighted by Gasteiger charge is -2.00. The van der Waals surface area contributed by atoms with E-state index >= 15 is 0 Å². The van der Waals surface area contributed by atoms with Gasteiger partial charge in [0.1, 0.15) is 0 Å². The number of nitrogens with zero attached hydrogens (tertiary/aromatic N) is 1. The maximum absolute atomic E-state index is 5.90. The van der Waals surface area contributed by atoms with Crippen LogP contribution in [0.4, 0.5) is 0 Å². The van der Waals surface area contributed by atoms with Crippen molar-refractivity contribution in [2.24, 2.45) is 5.73 Å². The van der Waals surface area contributed by atoms with Gasteiger partial charge in [0.2, 0.25) is 0 Å². The molecule has 0 aliphatic heterocycles. The predicted octanol–water partition coefficient (Wildman–Crippen LogP) is 1.85. The van der Waals surface area contributed by atoms with E-state index in [-0.39, 0.29) is 5.54 Å². The van der Waals surface area contributed by atoms with Gasteiger partial charge >= 0.3 is 0 Å². The Bertz CT molecular complexity index is 254. The third kappa shape index (κ3) is 1.00. The molecule has 2 rings (SSSR count). The van der Waals surface area contributed by atoms with Crippen LogP contribution in [0.3, 0.4) is 0 Å². The van der Waals surface area contributed by atoms with Crippen molar-refractivity contribution >= 4 is 27.3 Å². The Labute approximate surface area is 71.6 Å². The lowest BCUT2D eigenvalue weighted by molar-refractivity contribution is 0.713. The average molecular weight is 219 g/mol. The molecule has 0 radical (unpaired) electrons. The lowest BCUT2D eigenvalue weighted by Crippen LogP contribution is -2.18. The summed E-state index contributed by atoms with van der Waals surface area (Å²) in [5.41, 5.74) is 6.88. The Hall–Kier alpha value is 0.0700. The molecule has 1 saturated carbocycles. The van der Waals surface area contributed by atoms with Gasteiger partial charge in [-0.15, -0.1) is 11.3 Å². The maximum atomic E-state index is 5.90. The molecule has 1 aliphatic carbocycles. The molecule has 0 aromatic carbocycles. The van der Waals surface area contributed by atoms with Crippen molar-refractivity contribution in [3.63, 3.8) is 0 Å². The van der Waals surface area contributed by atoms with Gasteiger partial charge in [-0.1, -0.05) is 0 Å². The molecule has 1 aromatic heterocycles. The van der Waals surface area contributed by atoms with Crippen molar-refractivity contribution in [2.75, 3.05) is 0 Å². The third-order valence-electron chi connectivity index (χ3n) is 1.77. The van der Waals surface area contributed by atoms with Gasteiger partial charge in [0.25, 0.3) is 0 Å². The van der Waals surface area contributed by atoms with Gasteiger partial charge in [-0.05, 0) is 28.8 Å². The monoisotopic (exact) mass is 218 g/mol. The number of hydrogen-bond acceptors (Lipinski definition) is 3. The highest BCUT2D eigenvalue weighted by molar-refractivity contribution is 9.11. The van der Waals surface area contributed by atoms with Crippen LogP contribution in [-0.2, 0) is 5.54 Å². The van der Waals surface area contributed by atoms with Crippen LogP contribution in [0.2, 0.25) is 0 Å². The first-order valence-electron chi connectivity index (χ1n) is 3.11. The molecule has 4 heteroatoms. The largest absolute Gasteiger partial charge is 0.320 e. The topological polar surface area (TPSA) is 38.9 Å². The van der Waals surface area contributed by atoms with Crippen LogP contribution in [0.25, 0.3) is 0 Å². The van der Waals surface area contributed by atoms with E-state index in [4.69, 9.17) is 5.73 Å². The summed E-state index contributed by atoms with van der Waals surface area (Å²) >= 11 is 4.90. The fourth-order valence-corrected chi connectivity index (χ4v) is 1.99. The molecule has 1 aliphatic rings. The van der Waals surface area contributed by atoms with Gasteiger partial charge in [-0.2, -0.15) is 0 Å². The lowest BCUT2D eigenvalue weighted by atomic mass is 10.2. The number of rotatable bonds is 1. The van der Waals surface area contributed by atoms with Gasteiger partial charge < -0.3 is 5.73 Å². The second-order valence-corrected chi connectivity index (χ2v) is 4.78. The summed E-state index contributed by atoms with van der Waals surface area (Å²) in [4.78, 5) is 4.25. The van der Waals surface area contributed by atoms with Crippen LogP contribution < -0.4 is 5.73 Å². The molecule has 2 N–H and O–H groups in total. The average Bonchev–Trinajstić information content (AvgIpc) is 2.45. The van der Waals surface area contributed by atoms with Crippen LogP contribution in [-0.4, -0.2) is 4.98 Å². The first kappa shape index (κ1) is 6.76. The molecule has 0 amide bonds. The van der Waals surface area contributed by atoms with Crippen molar-refractivity contribution in [1.29, 1.82) is 0 Å². The molecule has 0 bridgehead atoms. The minimum Gasteiger partial charge on any atom is -0.320 e. The van der Waals surface area contributed by atoms with Gasteiger partial charge in [0, 0.05) is 5.38 Å². The fourth-order valence-electron chi connectivity index (χ4n) is 0.871. The van der Waals surface area contributed by atoms with E-state index in [9.17, 15) is 0 Å². The molecule has 1 aromatic rings. The summed E-state index contributed by atoms with van der Waals surface area (Å²) in [6.45, 7) is 0. The normalized spacial score (nSPS) is 21.0. The van der Waals surface area contributed by atoms with E-state index < -0.39 is 0 Å². The maximum Gasteiger partial charge on any atom is 0.159 e. The summed E-state index contributed by atoms with van der Waals surface area (Å²) in [6.07, 6.45) is 2.17. The van der Waals surface area contributed by atoms with Crippen LogP contribution in [0.15, 0.2) is 9.30 Å². The summed E-state index contributed by atoms with van der Waals surface area (Å²) in [5, 5.41) is 2.02. The Morgan fingerprint density at radius 2 is 2.40 bits per heavy atom.